The van der Waals surface area contributed by atoms with Crippen LogP contribution in [-0.4, -0.2) is 11.4 Å². The minimum absolute atomic E-state index is 0.0683. The molecule has 1 aromatic rings. The van der Waals surface area contributed by atoms with Gasteiger partial charge in [0, 0.05) is 5.41 Å². The van der Waals surface area contributed by atoms with Crippen molar-refractivity contribution in [2.24, 2.45) is 11.3 Å². The zero-order chi connectivity index (χ0) is 16.1. The van der Waals surface area contributed by atoms with E-state index in [0.717, 1.165) is 37.7 Å². The molecule has 0 aliphatic heterocycles. The van der Waals surface area contributed by atoms with Crippen LogP contribution in [0.5, 0.6) is 5.75 Å². The first-order chi connectivity index (χ1) is 10.3. The van der Waals surface area contributed by atoms with E-state index < -0.39 is 0 Å². The summed E-state index contributed by atoms with van der Waals surface area (Å²) in [5, 5.41) is 10.3. The van der Waals surface area contributed by atoms with Gasteiger partial charge in [0.05, 0.1) is 0 Å². The van der Waals surface area contributed by atoms with Crippen molar-refractivity contribution >= 4 is 6.29 Å². The molecule has 0 unspecified atom stereocenters. The van der Waals surface area contributed by atoms with Crippen LogP contribution >= 0.6 is 0 Å². The number of aldehydes is 1. The van der Waals surface area contributed by atoms with Gasteiger partial charge < -0.3 is 9.90 Å². The minimum atomic E-state index is -0.194. The normalized spacial score (nSPS) is 34.1. The van der Waals surface area contributed by atoms with Gasteiger partial charge in [-0.2, -0.15) is 0 Å². The summed E-state index contributed by atoms with van der Waals surface area (Å²) in [6.07, 6.45) is 6.53. The first-order valence-electron chi connectivity index (χ1n) is 8.65. The average molecular weight is 300 g/mol. The predicted molar refractivity (Wildman–Crippen MR) is 89.4 cm³/mol. The van der Waals surface area contributed by atoms with Gasteiger partial charge >= 0.3 is 0 Å². The highest BCUT2D eigenvalue weighted by Crippen LogP contribution is 2.57. The van der Waals surface area contributed by atoms with Crippen LogP contribution in [0.3, 0.4) is 0 Å². The third-order valence-electron chi connectivity index (χ3n) is 6.46. The quantitative estimate of drug-likeness (QED) is 0.802. The highest BCUT2D eigenvalue weighted by molar-refractivity contribution is 5.62. The summed E-state index contributed by atoms with van der Waals surface area (Å²) >= 11 is 0. The molecule has 120 valence electrons. The number of carbonyl (C=O) groups excluding carboxylic acids is 1. The summed E-state index contributed by atoms with van der Waals surface area (Å²) in [7, 11) is 0. The molecule has 0 heterocycles. The van der Waals surface area contributed by atoms with Crippen molar-refractivity contribution in [2.75, 3.05) is 0 Å². The second kappa shape index (κ2) is 5.11. The van der Waals surface area contributed by atoms with Gasteiger partial charge in [0.25, 0.3) is 0 Å². The second-order valence-corrected chi connectivity index (χ2v) is 8.17. The largest absolute Gasteiger partial charge is 0.508 e. The van der Waals surface area contributed by atoms with Gasteiger partial charge in [0.15, 0.2) is 0 Å². The van der Waals surface area contributed by atoms with Crippen molar-refractivity contribution < 1.29 is 9.90 Å². The lowest BCUT2D eigenvalue weighted by Gasteiger charge is -2.53. The molecule has 0 saturated heterocycles. The fraction of sp³-hybridized carbons (Fsp3) is 0.650. The van der Waals surface area contributed by atoms with Crippen molar-refractivity contribution in [3.05, 3.63) is 28.8 Å². The summed E-state index contributed by atoms with van der Waals surface area (Å²) < 4.78 is 0. The third kappa shape index (κ3) is 2.03. The fourth-order valence-corrected chi connectivity index (χ4v) is 5.41. The summed E-state index contributed by atoms with van der Waals surface area (Å²) in [6, 6.07) is 3.99. The number of hydrogen-bond acceptors (Lipinski definition) is 2. The van der Waals surface area contributed by atoms with E-state index in [0.29, 0.717) is 17.6 Å². The molecule has 2 aliphatic carbocycles. The van der Waals surface area contributed by atoms with Crippen molar-refractivity contribution in [3.63, 3.8) is 0 Å². The molecular formula is C20H28O2. The molecule has 0 radical (unpaired) electrons. The molecule has 1 N–H and O–H groups in total. The maximum Gasteiger partial charge on any atom is 0.126 e. The Morgan fingerprint density at radius 2 is 2.00 bits per heavy atom. The number of hydrogen-bond donors (Lipinski definition) is 1. The monoisotopic (exact) mass is 300 g/mol. The van der Waals surface area contributed by atoms with Crippen LogP contribution in [0.4, 0.5) is 0 Å². The van der Waals surface area contributed by atoms with E-state index in [1.807, 2.05) is 6.07 Å². The molecule has 22 heavy (non-hydrogen) atoms. The maximum atomic E-state index is 11.8. The lowest BCUT2D eigenvalue weighted by molar-refractivity contribution is -0.123. The summed E-state index contributed by atoms with van der Waals surface area (Å²) in [5.74, 6) is 1.18. The summed E-state index contributed by atoms with van der Waals surface area (Å²) in [5.41, 5.74) is 3.73. The molecule has 2 heteroatoms. The SMILES string of the molecule is CC(C)c1c(O)ccc2c1CC[C@H]1[C@](C)(C=O)CCC[C@]21C. The van der Waals surface area contributed by atoms with Crippen LogP contribution in [0, 0.1) is 11.3 Å². The van der Waals surface area contributed by atoms with Crippen LogP contribution in [0.25, 0.3) is 0 Å². The van der Waals surface area contributed by atoms with E-state index in [1.165, 1.54) is 17.4 Å². The van der Waals surface area contributed by atoms with Crippen LogP contribution in [0.15, 0.2) is 12.1 Å². The molecular weight excluding hydrogens is 272 g/mol. The van der Waals surface area contributed by atoms with E-state index in [-0.39, 0.29) is 10.8 Å². The maximum absolute atomic E-state index is 11.8. The molecule has 1 fully saturated rings. The predicted octanol–water partition coefficient (Wildman–Crippen LogP) is 4.72. The third-order valence-corrected chi connectivity index (χ3v) is 6.46. The van der Waals surface area contributed by atoms with E-state index in [1.54, 1.807) is 0 Å². The number of rotatable bonds is 2. The highest BCUT2D eigenvalue weighted by Gasteiger charge is 2.52. The van der Waals surface area contributed by atoms with Crippen LogP contribution in [-0.2, 0) is 16.6 Å². The zero-order valence-corrected chi connectivity index (χ0v) is 14.3. The van der Waals surface area contributed by atoms with Gasteiger partial charge in [0.2, 0.25) is 0 Å². The molecule has 1 aromatic carbocycles. The van der Waals surface area contributed by atoms with Crippen molar-refractivity contribution in [1.82, 2.24) is 0 Å². The van der Waals surface area contributed by atoms with Crippen molar-refractivity contribution in [3.8, 4) is 5.75 Å². The Labute approximate surface area is 133 Å². The molecule has 1 saturated carbocycles. The number of aromatic hydroxyl groups is 1. The number of phenols is 1. The topological polar surface area (TPSA) is 37.3 Å². The molecule has 0 aromatic heterocycles. The van der Waals surface area contributed by atoms with Crippen LogP contribution in [0.2, 0.25) is 0 Å². The Kier molecular flexibility index (Phi) is 3.62. The van der Waals surface area contributed by atoms with Gasteiger partial charge in [-0.1, -0.05) is 40.2 Å². The Morgan fingerprint density at radius 1 is 1.27 bits per heavy atom. The molecule has 3 atom stereocenters. The van der Waals surface area contributed by atoms with Crippen molar-refractivity contribution in [2.45, 2.75) is 71.1 Å². The van der Waals surface area contributed by atoms with Gasteiger partial charge in [-0.05, 0) is 65.7 Å². The Hall–Kier alpha value is -1.31. The van der Waals surface area contributed by atoms with Gasteiger partial charge in [0.1, 0.15) is 12.0 Å². The number of benzene rings is 1. The van der Waals surface area contributed by atoms with Crippen molar-refractivity contribution in [1.29, 1.82) is 0 Å². The summed E-state index contributed by atoms with van der Waals surface area (Å²) in [6.45, 7) is 8.80. The Balaban J connectivity index is 2.18. The zero-order valence-electron chi connectivity index (χ0n) is 14.3. The molecule has 2 nitrogen and oxygen atoms in total. The molecule has 0 bridgehead atoms. The fourth-order valence-electron chi connectivity index (χ4n) is 5.41. The lowest BCUT2D eigenvalue weighted by Crippen LogP contribution is -2.50. The van der Waals surface area contributed by atoms with E-state index in [9.17, 15) is 9.90 Å². The van der Waals surface area contributed by atoms with Crippen LogP contribution in [0.1, 0.15) is 76.0 Å². The highest BCUT2D eigenvalue weighted by atomic mass is 16.3. The van der Waals surface area contributed by atoms with E-state index >= 15 is 0 Å². The molecule has 3 rings (SSSR count). The minimum Gasteiger partial charge on any atom is -0.508 e. The molecule has 2 aliphatic rings. The first kappa shape index (κ1) is 15.6. The first-order valence-corrected chi connectivity index (χ1v) is 8.65. The van der Waals surface area contributed by atoms with Gasteiger partial charge in [-0.25, -0.2) is 0 Å². The second-order valence-electron chi connectivity index (χ2n) is 8.17. The number of carbonyl (C=O) groups is 1. The number of phenolic OH excluding ortho intramolecular Hbond substituents is 1. The van der Waals surface area contributed by atoms with E-state index in [2.05, 4.69) is 33.8 Å². The van der Waals surface area contributed by atoms with Crippen LogP contribution < -0.4 is 0 Å². The average Bonchev–Trinajstić information content (AvgIpc) is 2.46. The Morgan fingerprint density at radius 3 is 2.64 bits per heavy atom. The molecule has 0 amide bonds. The summed E-state index contributed by atoms with van der Waals surface area (Å²) in [4.78, 5) is 11.8. The standard InChI is InChI=1S/C20H28O2/c1-13(2)18-14-6-9-17-19(3,12-21)10-5-11-20(17,4)15(14)7-8-16(18)22/h7-8,12-13,17,22H,5-6,9-11H2,1-4H3/t17-,19-,20+/m0/s1. The van der Waals surface area contributed by atoms with E-state index in [4.69, 9.17) is 0 Å². The number of fused-ring (bicyclic) bond motifs is 3. The van der Waals surface area contributed by atoms with Gasteiger partial charge in [-0.15, -0.1) is 0 Å². The molecule has 0 spiro atoms. The Bertz CT molecular complexity index is 604. The smallest absolute Gasteiger partial charge is 0.126 e. The van der Waals surface area contributed by atoms with Gasteiger partial charge in [-0.3, -0.25) is 0 Å². The lowest BCUT2D eigenvalue weighted by atomic mass is 9.50.